The third kappa shape index (κ3) is 5.43. The molecule has 26 heavy (non-hydrogen) atoms. The number of hydrogen-bond donors (Lipinski definition) is 1. The van der Waals surface area contributed by atoms with E-state index in [1.807, 2.05) is 67.6 Å². The number of halogens is 1. The Morgan fingerprint density at radius 2 is 1.58 bits per heavy atom. The van der Waals surface area contributed by atoms with Crippen molar-refractivity contribution in [2.45, 2.75) is 20.1 Å². The molecule has 0 saturated heterocycles. The minimum Gasteiger partial charge on any atom is -0.494 e. The minimum atomic E-state index is 0.521. The van der Waals surface area contributed by atoms with E-state index in [4.69, 9.17) is 21.1 Å². The molecular weight excluding hydrogens is 346 g/mol. The summed E-state index contributed by atoms with van der Waals surface area (Å²) in [4.78, 5) is 0. The molecule has 3 rings (SSSR count). The van der Waals surface area contributed by atoms with Crippen LogP contribution in [0.2, 0.25) is 5.02 Å². The van der Waals surface area contributed by atoms with Gasteiger partial charge in [-0.05, 0) is 66.6 Å². The molecule has 3 nitrogen and oxygen atoms in total. The summed E-state index contributed by atoms with van der Waals surface area (Å²) in [5, 5.41) is 4.14. The molecule has 1 N–H and O–H groups in total. The van der Waals surface area contributed by atoms with Crippen LogP contribution in [0.1, 0.15) is 18.1 Å². The highest BCUT2D eigenvalue weighted by molar-refractivity contribution is 6.30. The molecule has 0 aliphatic heterocycles. The number of ether oxygens (including phenoxy) is 2. The number of nitrogens with one attached hydrogen (secondary N) is 1. The Kier molecular flexibility index (Phi) is 6.39. The average Bonchev–Trinajstić information content (AvgIpc) is 2.68. The van der Waals surface area contributed by atoms with Gasteiger partial charge in [0.15, 0.2) is 0 Å². The lowest BCUT2D eigenvalue weighted by molar-refractivity contribution is 0.306. The third-order valence-electron chi connectivity index (χ3n) is 3.88. The fourth-order valence-corrected chi connectivity index (χ4v) is 2.66. The number of rotatable bonds is 8. The number of benzene rings is 3. The molecule has 4 heteroatoms. The first-order valence-electron chi connectivity index (χ1n) is 8.66. The van der Waals surface area contributed by atoms with Gasteiger partial charge >= 0.3 is 0 Å². The zero-order chi connectivity index (χ0) is 18.2. The molecule has 0 radical (unpaired) electrons. The van der Waals surface area contributed by atoms with Crippen LogP contribution < -0.4 is 14.8 Å². The van der Waals surface area contributed by atoms with E-state index in [2.05, 4.69) is 17.4 Å². The summed E-state index contributed by atoms with van der Waals surface area (Å²) in [6.45, 7) is 3.91. The first kappa shape index (κ1) is 18.2. The molecule has 134 valence electrons. The summed E-state index contributed by atoms with van der Waals surface area (Å²) < 4.78 is 11.3. The monoisotopic (exact) mass is 367 g/mol. The number of anilines is 1. The molecule has 0 aromatic heterocycles. The predicted octanol–water partition coefficient (Wildman–Crippen LogP) is 5.93. The van der Waals surface area contributed by atoms with E-state index >= 15 is 0 Å². The van der Waals surface area contributed by atoms with Crippen LogP contribution in [0.5, 0.6) is 11.5 Å². The molecule has 3 aromatic carbocycles. The van der Waals surface area contributed by atoms with Gasteiger partial charge < -0.3 is 14.8 Å². The summed E-state index contributed by atoms with van der Waals surface area (Å²) in [5.41, 5.74) is 3.31. The summed E-state index contributed by atoms with van der Waals surface area (Å²) in [5.74, 6) is 1.74. The highest BCUT2D eigenvalue weighted by Gasteiger charge is 2.00. The van der Waals surface area contributed by atoms with Crippen molar-refractivity contribution < 1.29 is 9.47 Å². The smallest absolute Gasteiger partial charge is 0.120 e. The highest BCUT2D eigenvalue weighted by Crippen LogP contribution is 2.19. The van der Waals surface area contributed by atoms with Crippen LogP contribution in [0.3, 0.4) is 0 Å². The molecular formula is C22H22ClNO2. The SMILES string of the molecule is CCOc1ccc(NCc2cccc(OCc3ccc(Cl)cc3)c2)cc1. The Balaban J connectivity index is 1.54. The van der Waals surface area contributed by atoms with E-state index in [0.29, 0.717) is 13.2 Å². The van der Waals surface area contributed by atoms with Gasteiger partial charge in [0.25, 0.3) is 0 Å². The Bertz CT molecular complexity index is 816. The first-order chi connectivity index (χ1) is 12.7. The number of hydrogen-bond acceptors (Lipinski definition) is 3. The molecule has 0 saturated carbocycles. The van der Waals surface area contributed by atoms with E-state index in [1.54, 1.807) is 0 Å². The Morgan fingerprint density at radius 3 is 2.31 bits per heavy atom. The Hall–Kier alpha value is -2.65. The van der Waals surface area contributed by atoms with Gasteiger partial charge in [0.2, 0.25) is 0 Å². The molecule has 0 amide bonds. The molecule has 0 atom stereocenters. The van der Waals surface area contributed by atoms with E-state index < -0.39 is 0 Å². The normalized spacial score (nSPS) is 10.4. The molecule has 0 aliphatic carbocycles. The van der Waals surface area contributed by atoms with Crippen LogP contribution in [0, 0.1) is 0 Å². The summed E-state index contributed by atoms with van der Waals surface area (Å²) in [7, 11) is 0. The van der Waals surface area contributed by atoms with Gasteiger partial charge in [0, 0.05) is 17.3 Å². The van der Waals surface area contributed by atoms with E-state index in [9.17, 15) is 0 Å². The minimum absolute atomic E-state index is 0.521. The lowest BCUT2D eigenvalue weighted by Crippen LogP contribution is -2.01. The topological polar surface area (TPSA) is 30.5 Å². The van der Waals surface area contributed by atoms with Crippen molar-refractivity contribution in [3.05, 3.63) is 88.9 Å². The maximum absolute atomic E-state index is 5.90. The highest BCUT2D eigenvalue weighted by atomic mass is 35.5. The zero-order valence-corrected chi connectivity index (χ0v) is 15.5. The molecule has 0 aliphatic rings. The van der Waals surface area contributed by atoms with Crippen molar-refractivity contribution in [2.24, 2.45) is 0 Å². The second kappa shape index (κ2) is 9.16. The van der Waals surface area contributed by atoms with Gasteiger partial charge in [-0.15, -0.1) is 0 Å². The van der Waals surface area contributed by atoms with Crippen LogP contribution >= 0.6 is 11.6 Å². The fourth-order valence-electron chi connectivity index (χ4n) is 2.53. The summed E-state index contributed by atoms with van der Waals surface area (Å²) in [6.07, 6.45) is 0. The van der Waals surface area contributed by atoms with Crippen molar-refractivity contribution in [1.82, 2.24) is 0 Å². The predicted molar refractivity (Wildman–Crippen MR) is 107 cm³/mol. The van der Waals surface area contributed by atoms with Gasteiger partial charge in [-0.1, -0.05) is 35.9 Å². The van der Waals surface area contributed by atoms with Crippen LogP contribution in [-0.4, -0.2) is 6.61 Å². The van der Waals surface area contributed by atoms with E-state index in [1.165, 1.54) is 0 Å². The fraction of sp³-hybridized carbons (Fsp3) is 0.182. The van der Waals surface area contributed by atoms with Crippen LogP contribution in [0.25, 0.3) is 0 Å². The van der Waals surface area contributed by atoms with Crippen LogP contribution in [-0.2, 0) is 13.2 Å². The van der Waals surface area contributed by atoms with Crippen molar-refractivity contribution >= 4 is 17.3 Å². The molecule has 0 bridgehead atoms. The average molecular weight is 368 g/mol. The lowest BCUT2D eigenvalue weighted by atomic mass is 10.2. The summed E-state index contributed by atoms with van der Waals surface area (Å²) in [6, 6.07) is 23.8. The second-order valence-corrected chi connectivity index (χ2v) is 6.31. The van der Waals surface area contributed by atoms with Crippen molar-refractivity contribution in [1.29, 1.82) is 0 Å². The summed E-state index contributed by atoms with van der Waals surface area (Å²) >= 11 is 5.90. The van der Waals surface area contributed by atoms with Gasteiger partial charge in [-0.2, -0.15) is 0 Å². The molecule has 0 unspecified atom stereocenters. The van der Waals surface area contributed by atoms with E-state index in [0.717, 1.165) is 39.9 Å². The molecule has 0 heterocycles. The maximum Gasteiger partial charge on any atom is 0.120 e. The molecule has 0 spiro atoms. The Morgan fingerprint density at radius 1 is 0.808 bits per heavy atom. The quantitative estimate of drug-likeness (QED) is 0.535. The largest absolute Gasteiger partial charge is 0.494 e. The first-order valence-corrected chi connectivity index (χ1v) is 9.03. The standard InChI is InChI=1S/C22H22ClNO2/c1-2-25-21-12-10-20(11-13-21)24-15-18-4-3-5-22(14-18)26-16-17-6-8-19(23)9-7-17/h3-14,24H,2,15-16H2,1H3. The molecule has 3 aromatic rings. The second-order valence-electron chi connectivity index (χ2n) is 5.87. The van der Waals surface area contributed by atoms with Crippen molar-refractivity contribution in [3.8, 4) is 11.5 Å². The third-order valence-corrected chi connectivity index (χ3v) is 4.13. The van der Waals surface area contributed by atoms with E-state index in [-0.39, 0.29) is 0 Å². The molecule has 0 fully saturated rings. The zero-order valence-electron chi connectivity index (χ0n) is 14.7. The van der Waals surface area contributed by atoms with Gasteiger partial charge in [0.1, 0.15) is 18.1 Å². The van der Waals surface area contributed by atoms with Crippen molar-refractivity contribution in [2.75, 3.05) is 11.9 Å². The van der Waals surface area contributed by atoms with Crippen LogP contribution in [0.4, 0.5) is 5.69 Å². The van der Waals surface area contributed by atoms with Gasteiger partial charge in [-0.25, -0.2) is 0 Å². The Labute approximate surface area is 159 Å². The van der Waals surface area contributed by atoms with Crippen LogP contribution in [0.15, 0.2) is 72.8 Å². The lowest BCUT2D eigenvalue weighted by Gasteiger charge is -2.10. The van der Waals surface area contributed by atoms with Gasteiger partial charge in [0.05, 0.1) is 6.61 Å². The van der Waals surface area contributed by atoms with Crippen molar-refractivity contribution in [3.63, 3.8) is 0 Å². The van der Waals surface area contributed by atoms with Gasteiger partial charge in [-0.3, -0.25) is 0 Å². The maximum atomic E-state index is 5.90.